The molecule has 4 nitrogen and oxygen atoms in total. The summed E-state index contributed by atoms with van der Waals surface area (Å²) in [7, 11) is 0. The van der Waals surface area contributed by atoms with Crippen LogP contribution in [0.3, 0.4) is 0 Å². The summed E-state index contributed by atoms with van der Waals surface area (Å²) in [4.78, 5) is 11.8. The number of carbonyl (C=O) groups is 1. The Labute approximate surface area is 124 Å². The van der Waals surface area contributed by atoms with Crippen molar-refractivity contribution in [3.63, 3.8) is 0 Å². The minimum Gasteiger partial charge on any atom is -0.462 e. The van der Waals surface area contributed by atoms with E-state index in [0.29, 0.717) is 17.9 Å². The number of hydrogen-bond donors (Lipinski definition) is 2. The van der Waals surface area contributed by atoms with Crippen molar-refractivity contribution in [2.45, 2.75) is 20.8 Å². The molecule has 2 aromatic carbocycles. The number of nitrogens with one attached hydrogen (secondary N) is 1. The summed E-state index contributed by atoms with van der Waals surface area (Å²) < 4.78 is 5.00. The van der Waals surface area contributed by atoms with Crippen LogP contribution in [0.5, 0.6) is 0 Å². The summed E-state index contributed by atoms with van der Waals surface area (Å²) in [6, 6.07) is 11.4. The van der Waals surface area contributed by atoms with Gasteiger partial charge in [0.25, 0.3) is 0 Å². The fourth-order valence-corrected chi connectivity index (χ4v) is 2.01. The number of hydrogen-bond acceptors (Lipinski definition) is 4. The van der Waals surface area contributed by atoms with Gasteiger partial charge in [0, 0.05) is 17.1 Å². The first-order chi connectivity index (χ1) is 10.0. The molecule has 0 unspecified atom stereocenters. The summed E-state index contributed by atoms with van der Waals surface area (Å²) in [6.07, 6.45) is 0. The molecule has 0 amide bonds. The van der Waals surface area contributed by atoms with Gasteiger partial charge in [0.15, 0.2) is 0 Å². The number of carbonyl (C=O) groups excluding carboxylic acids is 1. The van der Waals surface area contributed by atoms with E-state index in [9.17, 15) is 4.79 Å². The van der Waals surface area contributed by atoms with Crippen molar-refractivity contribution >= 4 is 23.0 Å². The third-order valence-electron chi connectivity index (χ3n) is 3.34. The molecule has 2 rings (SSSR count). The van der Waals surface area contributed by atoms with Crippen LogP contribution in [0, 0.1) is 13.8 Å². The Morgan fingerprint density at radius 3 is 2.43 bits per heavy atom. The molecule has 0 aromatic heterocycles. The van der Waals surface area contributed by atoms with E-state index in [2.05, 4.69) is 31.3 Å². The highest BCUT2D eigenvalue weighted by molar-refractivity contribution is 5.96. The number of aryl methyl sites for hydroxylation is 2. The molecule has 0 radical (unpaired) electrons. The molecule has 0 saturated heterocycles. The first-order valence-corrected chi connectivity index (χ1v) is 6.92. The first kappa shape index (κ1) is 14.9. The Hall–Kier alpha value is -2.49. The molecule has 0 spiro atoms. The van der Waals surface area contributed by atoms with Crippen LogP contribution in [0.2, 0.25) is 0 Å². The molecule has 110 valence electrons. The van der Waals surface area contributed by atoms with Gasteiger partial charge >= 0.3 is 5.97 Å². The van der Waals surface area contributed by atoms with Gasteiger partial charge in [-0.15, -0.1) is 0 Å². The second-order valence-electron chi connectivity index (χ2n) is 4.95. The Morgan fingerprint density at radius 1 is 1.10 bits per heavy atom. The van der Waals surface area contributed by atoms with Crippen molar-refractivity contribution in [1.82, 2.24) is 0 Å². The summed E-state index contributed by atoms with van der Waals surface area (Å²) in [5.41, 5.74) is 10.8. The second kappa shape index (κ2) is 6.31. The fourth-order valence-electron chi connectivity index (χ4n) is 2.01. The first-order valence-electron chi connectivity index (χ1n) is 6.92. The second-order valence-corrected chi connectivity index (χ2v) is 4.95. The third-order valence-corrected chi connectivity index (χ3v) is 3.34. The van der Waals surface area contributed by atoms with Crippen molar-refractivity contribution < 1.29 is 9.53 Å². The Bertz CT molecular complexity index is 666. The average Bonchev–Trinajstić information content (AvgIpc) is 2.45. The molecule has 0 bridgehead atoms. The van der Waals surface area contributed by atoms with Gasteiger partial charge < -0.3 is 15.8 Å². The number of nitrogens with two attached hydrogens (primary N) is 1. The number of benzene rings is 2. The van der Waals surface area contributed by atoms with Gasteiger partial charge in [-0.05, 0) is 62.2 Å². The number of rotatable bonds is 4. The maximum absolute atomic E-state index is 11.8. The Balaban J connectivity index is 2.26. The lowest BCUT2D eigenvalue weighted by Gasteiger charge is -2.11. The van der Waals surface area contributed by atoms with Gasteiger partial charge in [-0.25, -0.2) is 4.79 Å². The van der Waals surface area contributed by atoms with E-state index in [1.54, 1.807) is 19.1 Å². The molecule has 0 aliphatic carbocycles. The minimum absolute atomic E-state index is 0.326. The smallest absolute Gasteiger partial charge is 0.340 e. The highest BCUT2D eigenvalue weighted by Gasteiger charge is 2.11. The van der Waals surface area contributed by atoms with E-state index < -0.39 is 5.97 Å². The SMILES string of the molecule is CCOC(=O)c1cc(Nc2ccc(C)c(C)c2)ccc1N. The van der Waals surface area contributed by atoms with Gasteiger partial charge in [-0.2, -0.15) is 0 Å². The molecular formula is C17H20N2O2. The normalized spacial score (nSPS) is 10.2. The van der Waals surface area contributed by atoms with Crippen LogP contribution >= 0.6 is 0 Å². The van der Waals surface area contributed by atoms with Crippen molar-refractivity contribution in [3.05, 3.63) is 53.1 Å². The summed E-state index contributed by atoms with van der Waals surface area (Å²) in [5.74, 6) is -0.404. The average molecular weight is 284 g/mol. The summed E-state index contributed by atoms with van der Waals surface area (Å²) in [5, 5.41) is 3.27. The largest absolute Gasteiger partial charge is 0.462 e. The molecule has 0 fully saturated rings. The van der Waals surface area contributed by atoms with Gasteiger partial charge in [-0.3, -0.25) is 0 Å². The molecule has 21 heavy (non-hydrogen) atoms. The van der Waals surface area contributed by atoms with Crippen molar-refractivity contribution in [1.29, 1.82) is 0 Å². The summed E-state index contributed by atoms with van der Waals surface area (Å²) >= 11 is 0. The van der Waals surface area contributed by atoms with Crippen LogP contribution in [0.4, 0.5) is 17.1 Å². The van der Waals surface area contributed by atoms with E-state index in [4.69, 9.17) is 10.5 Å². The zero-order chi connectivity index (χ0) is 15.4. The number of esters is 1. The zero-order valence-electron chi connectivity index (χ0n) is 12.6. The minimum atomic E-state index is -0.404. The summed E-state index contributed by atoms with van der Waals surface area (Å²) in [6.45, 7) is 6.23. The number of ether oxygens (including phenoxy) is 1. The highest BCUT2D eigenvalue weighted by atomic mass is 16.5. The quantitative estimate of drug-likeness (QED) is 0.662. The lowest BCUT2D eigenvalue weighted by molar-refractivity contribution is 0.0527. The predicted octanol–water partition coefficient (Wildman–Crippen LogP) is 3.81. The fraction of sp³-hybridized carbons (Fsp3) is 0.235. The Morgan fingerprint density at radius 2 is 1.76 bits per heavy atom. The lowest BCUT2D eigenvalue weighted by atomic mass is 10.1. The van der Waals surface area contributed by atoms with Crippen LogP contribution in [0.25, 0.3) is 0 Å². The maximum Gasteiger partial charge on any atom is 0.340 e. The highest BCUT2D eigenvalue weighted by Crippen LogP contribution is 2.23. The topological polar surface area (TPSA) is 64.3 Å². The van der Waals surface area contributed by atoms with E-state index in [0.717, 1.165) is 11.4 Å². The van der Waals surface area contributed by atoms with Crippen LogP contribution < -0.4 is 11.1 Å². The van der Waals surface area contributed by atoms with E-state index >= 15 is 0 Å². The van der Waals surface area contributed by atoms with Gasteiger partial charge in [-0.1, -0.05) is 6.07 Å². The van der Waals surface area contributed by atoms with Crippen molar-refractivity contribution in [3.8, 4) is 0 Å². The van der Waals surface area contributed by atoms with Gasteiger partial charge in [0.05, 0.1) is 12.2 Å². The monoisotopic (exact) mass is 284 g/mol. The maximum atomic E-state index is 11.8. The standard InChI is InChI=1S/C17H20N2O2/c1-4-21-17(20)15-10-14(7-8-16(15)18)19-13-6-5-11(2)12(3)9-13/h5-10,19H,4,18H2,1-3H3. The predicted molar refractivity (Wildman–Crippen MR) is 86.0 cm³/mol. The molecule has 0 aliphatic heterocycles. The third kappa shape index (κ3) is 3.54. The van der Waals surface area contributed by atoms with Crippen LogP contribution in [-0.4, -0.2) is 12.6 Å². The molecule has 3 N–H and O–H groups in total. The molecule has 0 heterocycles. The number of anilines is 3. The lowest BCUT2D eigenvalue weighted by Crippen LogP contribution is -2.08. The van der Waals surface area contributed by atoms with Crippen molar-refractivity contribution in [2.24, 2.45) is 0 Å². The van der Waals surface area contributed by atoms with E-state index in [1.807, 2.05) is 12.1 Å². The molecular weight excluding hydrogens is 264 g/mol. The van der Waals surface area contributed by atoms with E-state index in [1.165, 1.54) is 11.1 Å². The molecule has 2 aromatic rings. The molecule has 0 aliphatic rings. The van der Waals surface area contributed by atoms with Gasteiger partial charge in [0.1, 0.15) is 0 Å². The van der Waals surface area contributed by atoms with Crippen LogP contribution in [0.15, 0.2) is 36.4 Å². The van der Waals surface area contributed by atoms with Crippen LogP contribution in [0.1, 0.15) is 28.4 Å². The van der Waals surface area contributed by atoms with Crippen molar-refractivity contribution in [2.75, 3.05) is 17.7 Å². The zero-order valence-corrected chi connectivity index (χ0v) is 12.6. The molecule has 4 heteroatoms. The molecule has 0 saturated carbocycles. The molecule has 0 atom stereocenters. The van der Waals surface area contributed by atoms with E-state index in [-0.39, 0.29) is 0 Å². The Kier molecular flexibility index (Phi) is 4.48. The van der Waals surface area contributed by atoms with Crippen LogP contribution in [-0.2, 0) is 4.74 Å². The van der Waals surface area contributed by atoms with Gasteiger partial charge in [0.2, 0.25) is 0 Å². The number of nitrogen functional groups attached to an aromatic ring is 1.